The van der Waals surface area contributed by atoms with Crippen LogP contribution in [0.4, 0.5) is 5.82 Å². The Morgan fingerprint density at radius 1 is 1.05 bits per heavy atom. The van der Waals surface area contributed by atoms with Gasteiger partial charge in [0.05, 0.1) is 0 Å². The quantitative estimate of drug-likeness (QED) is 0.672. The van der Waals surface area contributed by atoms with E-state index in [4.69, 9.17) is 0 Å². The number of hydrogen-bond donors (Lipinski definition) is 1. The van der Waals surface area contributed by atoms with Gasteiger partial charge in [0.2, 0.25) is 0 Å². The highest BCUT2D eigenvalue weighted by atomic mass is 32.2. The Morgan fingerprint density at radius 3 is 2.29 bits per heavy atom. The number of nitrogens with zero attached hydrogens (tertiary/aromatic N) is 4. The maximum atomic E-state index is 4.60. The van der Waals surface area contributed by atoms with Crippen LogP contribution < -0.4 is 5.32 Å². The molecule has 2 rings (SSSR count). The maximum Gasteiger partial charge on any atom is 0.194 e. The molecule has 0 radical (unpaired) electrons. The van der Waals surface area contributed by atoms with Crippen LogP contribution in [0.15, 0.2) is 22.3 Å². The SMILES string of the molecule is CCNc1cc(Sc2nc(C)cc(C)n2)nc(C(C)C)n1. The molecule has 0 aliphatic rings. The molecule has 0 saturated heterocycles. The van der Waals surface area contributed by atoms with Crippen molar-refractivity contribution in [2.24, 2.45) is 0 Å². The topological polar surface area (TPSA) is 63.6 Å². The van der Waals surface area contributed by atoms with Crippen molar-refractivity contribution in [3.05, 3.63) is 29.3 Å². The highest BCUT2D eigenvalue weighted by Crippen LogP contribution is 2.26. The first-order valence-corrected chi connectivity index (χ1v) is 7.92. The molecular weight excluding hydrogens is 282 g/mol. The van der Waals surface area contributed by atoms with Crippen molar-refractivity contribution in [1.82, 2.24) is 19.9 Å². The van der Waals surface area contributed by atoms with Crippen molar-refractivity contribution in [3.63, 3.8) is 0 Å². The first-order chi connectivity index (χ1) is 9.97. The van der Waals surface area contributed by atoms with Crippen molar-refractivity contribution in [2.75, 3.05) is 11.9 Å². The number of aromatic nitrogens is 4. The summed E-state index contributed by atoms with van der Waals surface area (Å²) < 4.78 is 0. The standard InChI is InChI=1S/C15H21N5S/c1-6-16-12-8-13(20-14(19-12)9(2)3)21-15-17-10(4)7-11(5)18-15/h7-9H,6H2,1-5H3,(H,16,19,20). The Kier molecular flexibility index (Phi) is 5.12. The largest absolute Gasteiger partial charge is 0.370 e. The van der Waals surface area contributed by atoms with Gasteiger partial charge in [0.1, 0.15) is 16.7 Å². The van der Waals surface area contributed by atoms with Gasteiger partial charge in [-0.25, -0.2) is 19.9 Å². The smallest absolute Gasteiger partial charge is 0.194 e. The highest BCUT2D eigenvalue weighted by Gasteiger charge is 2.10. The minimum absolute atomic E-state index is 0.281. The number of hydrogen-bond acceptors (Lipinski definition) is 6. The molecule has 112 valence electrons. The number of nitrogens with one attached hydrogen (secondary N) is 1. The molecule has 0 unspecified atom stereocenters. The molecule has 0 saturated carbocycles. The van der Waals surface area contributed by atoms with Crippen molar-refractivity contribution in [1.29, 1.82) is 0 Å². The summed E-state index contributed by atoms with van der Waals surface area (Å²) >= 11 is 1.47. The van der Waals surface area contributed by atoms with Crippen molar-refractivity contribution in [2.45, 2.75) is 50.7 Å². The molecule has 0 amide bonds. The summed E-state index contributed by atoms with van der Waals surface area (Å²) in [6.45, 7) is 11.0. The number of rotatable bonds is 5. The predicted octanol–water partition coefficient (Wildman–Crippen LogP) is 3.59. The molecule has 6 heteroatoms. The molecule has 0 bridgehead atoms. The summed E-state index contributed by atoms with van der Waals surface area (Å²) in [4.78, 5) is 18.0. The fourth-order valence-electron chi connectivity index (χ4n) is 1.86. The van der Waals surface area contributed by atoms with Crippen LogP contribution >= 0.6 is 11.8 Å². The van der Waals surface area contributed by atoms with Crippen molar-refractivity contribution in [3.8, 4) is 0 Å². The van der Waals surface area contributed by atoms with E-state index >= 15 is 0 Å². The highest BCUT2D eigenvalue weighted by molar-refractivity contribution is 7.99. The lowest BCUT2D eigenvalue weighted by atomic mass is 10.2. The lowest BCUT2D eigenvalue weighted by Gasteiger charge is -2.10. The Morgan fingerprint density at radius 2 is 1.71 bits per heavy atom. The third-order valence-electron chi connectivity index (χ3n) is 2.75. The Labute approximate surface area is 130 Å². The van der Waals surface area contributed by atoms with Gasteiger partial charge in [0.25, 0.3) is 0 Å². The molecule has 0 fully saturated rings. The van der Waals surface area contributed by atoms with Gasteiger partial charge in [0, 0.05) is 29.9 Å². The van der Waals surface area contributed by atoms with E-state index in [0.717, 1.165) is 39.8 Å². The zero-order valence-corrected chi connectivity index (χ0v) is 14.0. The Bertz CT molecular complexity index is 607. The summed E-state index contributed by atoms with van der Waals surface area (Å²) in [5, 5.41) is 4.84. The minimum atomic E-state index is 0.281. The second kappa shape index (κ2) is 6.85. The van der Waals surface area contributed by atoms with Crippen LogP contribution in [0.25, 0.3) is 0 Å². The Hall–Kier alpha value is -1.69. The molecule has 21 heavy (non-hydrogen) atoms. The third-order valence-corrected chi connectivity index (χ3v) is 3.54. The molecule has 2 heterocycles. The van der Waals surface area contributed by atoms with Gasteiger partial charge in [-0.15, -0.1) is 0 Å². The second-order valence-electron chi connectivity index (χ2n) is 5.17. The normalized spacial score (nSPS) is 11.0. The van der Waals surface area contributed by atoms with E-state index < -0.39 is 0 Å². The van der Waals surface area contributed by atoms with Crippen LogP contribution in [0.5, 0.6) is 0 Å². The van der Waals surface area contributed by atoms with Crippen LogP contribution in [0, 0.1) is 13.8 Å². The van der Waals surface area contributed by atoms with E-state index in [1.807, 2.05) is 26.0 Å². The molecule has 5 nitrogen and oxygen atoms in total. The monoisotopic (exact) mass is 303 g/mol. The van der Waals surface area contributed by atoms with Crippen molar-refractivity contribution >= 4 is 17.6 Å². The first-order valence-electron chi connectivity index (χ1n) is 7.11. The van der Waals surface area contributed by atoms with E-state index in [0.29, 0.717) is 0 Å². The van der Waals surface area contributed by atoms with E-state index in [1.165, 1.54) is 11.8 Å². The van der Waals surface area contributed by atoms with Crippen LogP contribution in [-0.4, -0.2) is 26.5 Å². The van der Waals surface area contributed by atoms with Gasteiger partial charge in [-0.1, -0.05) is 13.8 Å². The third kappa shape index (κ3) is 4.39. The van der Waals surface area contributed by atoms with Crippen molar-refractivity contribution < 1.29 is 0 Å². The maximum absolute atomic E-state index is 4.60. The second-order valence-corrected chi connectivity index (χ2v) is 6.16. The summed E-state index contributed by atoms with van der Waals surface area (Å²) in [6, 6.07) is 3.91. The summed E-state index contributed by atoms with van der Waals surface area (Å²) in [5.74, 6) is 1.96. The molecule has 0 aromatic carbocycles. The van der Waals surface area contributed by atoms with Gasteiger partial charge in [-0.3, -0.25) is 0 Å². The minimum Gasteiger partial charge on any atom is -0.370 e. The van der Waals surface area contributed by atoms with Crippen LogP contribution in [0.3, 0.4) is 0 Å². The van der Waals surface area contributed by atoms with Gasteiger partial charge in [-0.05, 0) is 38.6 Å². The van der Waals surface area contributed by atoms with Gasteiger partial charge in [0.15, 0.2) is 5.16 Å². The molecule has 2 aromatic rings. The van der Waals surface area contributed by atoms with Gasteiger partial charge < -0.3 is 5.32 Å². The molecule has 0 aliphatic heterocycles. The molecule has 0 atom stereocenters. The summed E-state index contributed by atoms with van der Waals surface area (Å²) in [5.41, 5.74) is 1.94. The fourth-order valence-corrected chi connectivity index (χ4v) is 2.73. The zero-order valence-electron chi connectivity index (χ0n) is 13.1. The fraction of sp³-hybridized carbons (Fsp3) is 0.467. The molecule has 0 spiro atoms. The Balaban J connectivity index is 2.33. The van der Waals surface area contributed by atoms with E-state index in [2.05, 4.69) is 46.0 Å². The lowest BCUT2D eigenvalue weighted by Crippen LogP contribution is -2.05. The zero-order chi connectivity index (χ0) is 15.4. The number of anilines is 1. The van der Waals surface area contributed by atoms with Crippen LogP contribution in [0.1, 0.15) is 43.9 Å². The molecule has 0 aliphatic carbocycles. The van der Waals surface area contributed by atoms with E-state index in [1.54, 1.807) is 0 Å². The summed E-state index contributed by atoms with van der Waals surface area (Å²) in [6.07, 6.45) is 0. The average molecular weight is 303 g/mol. The summed E-state index contributed by atoms with van der Waals surface area (Å²) in [7, 11) is 0. The van der Waals surface area contributed by atoms with Crippen LogP contribution in [0.2, 0.25) is 0 Å². The molecule has 1 N–H and O–H groups in total. The van der Waals surface area contributed by atoms with Crippen LogP contribution in [-0.2, 0) is 0 Å². The van der Waals surface area contributed by atoms with Gasteiger partial charge >= 0.3 is 0 Å². The first kappa shape index (κ1) is 15.7. The molecular formula is C15H21N5S. The van der Waals surface area contributed by atoms with Gasteiger partial charge in [-0.2, -0.15) is 0 Å². The average Bonchev–Trinajstić information content (AvgIpc) is 2.37. The van der Waals surface area contributed by atoms with E-state index in [9.17, 15) is 0 Å². The lowest BCUT2D eigenvalue weighted by molar-refractivity contribution is 0.753. The molecule has 2 aromatic heterocycles. The van der Waals surface area contributed by atoms with E-state index in [-0.39, 0.29) is 5.92 Å². The predicted molar refractivity (Wildman–Crippen MR) is 85.9 cm³/mol. The number of aryl methyl sites for hydroxylation is 2.